The topological polar surface area (TPSA) is 241 Å². The van der Waals surface area contributed by atoms with Crippen LogP contribution in [0.15, 0.2) is 95.4 Å². The molecular formula is C50H57N9O8. The second-order valence-electron chi connectivity index (χ2n) is 17.7. The average Bonchev–Trinajstić information content (AvgIpc) is 3.78. The van der Waals surface area contributed by atoms with Gasteiger partial charge in [-0.1, -0.05) is 78.9 Å². The fraction of sp³-hybridized carbons (Fsp3) is 0.400. The summed E-state index contributed by atoms with van der Waals surface area (Å²) in [6, 6.07) is 20.6. The second kappa shape index (κ2) is 20.9. The van der Waals surface area contributed by atoms with Gasteiger partial charge in [-0.05, 0) is 80.9 Å². The minimum absolute atomic E-state index is 0.0105. The van der Waals surface area contributed by atoms with E-state index in [4.69, 9.17) is 11.5 Å². The number of fused-ring (bicyclic) bond motifs is 2. The predicted molar refractivity (Wildman–Crippen MR) is 249 cm³/mol. The van der Waals surface area contributed by atoms with Crippen molar-refractivity contribution in [3.63, 3.8) is 0 Å². The number of carbonyl (C=O) groups excluding carboxylic acids is 7. The number of aryl methyl sites for hydroxylation is 1. The Labute approximate surface area is 388 Å². The first-order valence-electron chi connectivity index (χ1n) is 22.8. The van der Waals surface area contributed by atoms with Crippen LogP contribution in [0.4, 0.5) is 0 Å². The van der Waals surface area contributed by atoms with Crippen molar-refractivity contribution >= 4 is 52.4 Å². The number of hydrogen-bond donors (Lipinski definition) is 5. The van der Waals surface area contributed by atoms with Crippen molar-refractivity contribution in [3.8, 4) is 11.8 Å². The van der Waals surface area contributed by atoms with E-state index in [9.17, 15) is 38.4 Å². The molecule has 3 fully saturated rings. The van der Waals surface area contributed by atoms with Gasteiger partial charge >= 0.3 is 5.69 Å². The number of benzene rings is 3. The Balaban J connectivity index is 0.919. The van der Waals surface area contributed by atoms with Crippen molar-refractivity contribution < 1.29 is 33.6 Å². The highest BCUT2D eigenvalue weighted by Gasteiger charge is 2.51. The van der Waals surface area contributed by atoms with Crippen LogP contribution in [-0.4, -0.2) is 91.0 Å². The van der Waals surface area contributed by atoms with E-state index in [1.165, 1.54) is 20.1 Å². The Morgan fingerprint density at radius 2 is 1.61 bits per heavy atom. The molecule has 0 radical (unpaired) electrons. The number of imide groups is 1. The van der Waals surface area contributed by atoms with Crippen LogP contribution in [0.5, 0.6) is 0 Å². The lowest BCUT2D eigenvalue weighted by atomic mass is 9.92. The Kier molecular flexibility index (Phi) is 14.9. The van der Waals surface area contributed by atoms with Gasteiger partial charge < -0.3 is 31.9 Å². The average molecular weight is 912 g/mol. The molecule has 3 saturated heterocycles. The molecule has 17 nitrogen and oxygen atoms in total. The first kappa shape index (κ1) is 47.6. The second-order valence-corrected chi connectivity index (χ2v) is 17.7. The smallest absolute Gasteiger partial charge is 0.329 e. The maximum atomic E-state index is 14.1. The van der Waals surface area contributed by atoms with Crippen LogP contribution in [-0.2, 0) is 40.6 Å². The molecule has 350 valence electrons. The largest absolute Gasteiger partial charge is 0.369 e. The highest BCUT2D eigenvalue weighted by Crippen LogP contribution is 2.38. The van der Waals surface area contributed by atoms with Crippen molar-refractivity contribution in [2.75, 3.05) is 13.1 Å². The SMILES string of the molecule is Cn1c(=O)n(C2CCC(=O)NC2=O)c2ccc(C#CCCCCCC(=O)N3CCC4(C)CC[C@@H](C(=O)N/C(=C/CC(N)=O)C(=O)NC(c5ccccc5)c5ccccc5)N4C(=O)[C@@H](N)C3)cc21. The van der Waals surface area contributed by atoms with E-state index >= 15 is 0 Å². The zero-order valence-electron chi connectivity index (χ0n) is 37.8. The van der Waals surface area contributed by atoms with Crippen LogP contribution in [0.25, 0.3) is 11.0 Å². The Morgan fingerprint density at radius 3 is 2.28 bits per heavy atom. The lowest BCUT2D eigenvalue weighted by molar-refractivity contribution is -0.148. The number of rotatable bonds is 14. The number of nitrogens with zero attached hydrogens (tertiary/aromatic N) is 4. The summed E-state index contributed by atoms with van der Waals surface area (Å²) < 4.78 is 2.90. The highest BCUT2D eigenvalue weighted by molar-refractivity contribution is 6.01. The molecule has 4 atom stereocenters. The van der Waals surface area contributed by atoms with Crippen LogP contribution in [0.1, 0.15) is 106 Å². The van der Waals surface area contributed by atoms with Gasteiger partial charge in [0.05, 0.1) is 17.1 Å². The zero-order chi connectivity index (χ0) is 47.8. The van der Waals surface area contributed by atoms with Crippen molar-refractivity contribution in [1.82, 2.24) is 34.9 Å². The zero-order valence-corrected chi connectivity index (χ0v) is 37.8. The monoisotopic (exact) mass is 911 g/mol. The Morgan fingerprint density at radius 1 is 0.910 bits per heavy atom. The molecule has 17 heteroatoms. The van der Waals surface area contributed by atoms with Crippen LogP contribution >= 0.6 is 0 Å². The van der Waals surface area contributed by atoms with Crippen LogP contribution in [0.3, 0.4) is 0 Å². The number of nitrogens with two attached hydrogens (primary N) is 2. The molecule has 67 heavy (non-hydrogen) atoms. The summed E-state index contributed by atoms with van der Waals surface area (Å²) in [5.41, 5.74) is 14.2. The molecule has 0 bridgehead atoms. The van der Waals surface area contributed by atoms with Gasteiger partial charge in [-0.2, -0.15) is 0 Å². The number of imidazole rings is 1. The van der Waals surface area contributed by atoms with Crippen LogP contribution in [0, 0.1) is 11.8 Å². The molecule has 4 aromatic rings. The van der Waals surface area contributed by atoms with Crippen LogP contribution in [0.2, 0.25) is 0 Å². The van der Waals surface area contributed by atoms with Gasteiger partial charge in [0.15, 0.2) is 0 Å². The molecule has 4 heterocycles. The molecule has 7 rings (SSSR count). The normalized spacial score (nSPS) is 20.9. The number of carbonyl (C=O) groups is 7. The maximum absolute atomic E-state index is 14.1. The number of piperidine rings is 1. The van der Waals surface area contributed by atoms with E-state index in [-0.39, 0.29) is 55.4 Å². The van der Waals surface area contributed by atoms with Crippen molar-refractivity contribution in [1.29, 1.82) is 0 Å². The van der Waals surface area contributed by atoms with Gasteiger partial charge in [-0.15, -0.1) is 0 Å². The van der Waals surface area contributed by atoms with E-state index in [0.29, 0.717) is 55.2 Å². The van der Waals surface area contributed by atoms with Gasteiger partial charge in [-0.3, -0.25) is 48.0 Å². The minimum Gasteiger partial charge on any atom is -0.369 e. The lowest BCUT2D eigenvalue weighted by Crippen LogP contribution is -2.62. The summed E-state index contributed by atoms with van der Waals surface area (Å²) in [5, 5.41) is 8.01. The quantitative estimate of drug-likeness (QED) is 0.0540. The molecule has 0 aliphatic carbocycles. The van der Waals surface area contributed by atoms with E-state index in [1.54, 1.807) is 24.1 Å². The Hall–Kier alpha value is -7.32. The first-order valence-corrected chi connectivity index (χ1v) is 22.8. The molecule has 2 unspecified atom stereocenters. The standard InChI is InChI=1S/C50H57N9O8/c1-50-27-26-39(47(65)53-36(21-24-41(52)60)45(63)55-44(33-15-9-6-10-16-33)34-17-11-7-12-18-34)59(50)48(66)35(51)31-57(29-28-50)43(62)19-13-5-3-4-8-14-32-20-22-37-40(30-32)56(2)49(67)58(37)38-23-25-42(61)54-46(38)64/h6-7,9-12,15-18,20-22,30,35,38-39,44H,3-5,13,19,23-29,31,51H2,1-2H3,(H2,52,60)(H,53,65)(H,55,63)(H,54,61,64)/b36-21+/t35-,38?,39-,50?/m0/s1. The fourth-order valence-corrected chi connectivity index (χ4v) is 9.31. The summed E-state index contributed by atoms with van der Waals surface area (Å²) in [4.78, 5) is 108. The molecule has 0 spiro atoms. The Bertz CT molecular complexity index is 2680. The molecule has 3 aliphatic heterocycles. The third-order valence-electron chi connectivity index (χ3n) is 13.0. The number of aromatic nitrogens is 2. The third kappa shape index (κ3) is 10.9. The third-order valence-corrected chi connectivity index (χ3v) is 13.0. The van der Waals surface area contributed by atoms with Gasteiger partial charge in [-0.25, -0.2) is 4.79 Å². The van der Waals surface area contributed by atoms with Gasteiger partial charge in [0.1, 0.15) is 23.8 Å². The maximum Gasteiger partial charge on any atom is 0.329 e. The number of primary amides is 1. The predicted octanol–water partition coefficient (Wildman–Crippen LogP) is 2.71. The molecule has 7 amide bonds. The summed E-state index contributed by atoms with van der Waals surface area (Å²) in [6.07, 6.45) is 5.52. The molecule has 3 aliphatic rings. The summed E-state index contributed by atoms with van der Waals surface area (Å²) in [7, 11) is 1.63. The minimum atomic E-state index is -1.09. The first-order chi connectivity index (χ1) is 32.1. The van der Waals surface area contributed by atoms with E-state index in [0.717, 1.165) is 24.0 Å². The summed E-state index contributed by atoms with van der Waals surface area (Å²) in [6.45, 7) is 2.22. The lowest BCUT2D eigenvalue weighted by Gasteiger charge is -2.43. The fourth-order valence-electron chi connectivity index (χ4n) is 9.31. The number of nitrogens with one attached hydrogen (secondary N) is 3. The van der Waals surface area contributed by atoms with Crippen molar-refractivity contribution in [3.05, 3.63) is 118 Å². The summed E-state index contributed by atoms with van der Waals surface area (Å²) >= 11 is 0. The molecule has 3 aromatic carbocycles. The van der Waals surface area contributed by atoms with Crippen LogP contribution < -0.4 is 33.1 Å². The molecular weight excluding hydrogens is 855 g/mol. The number of unbranched alkanes of at least 4 members (excludes halogenated alkanes) is 3. The van der Waals surface area contributed by atoms with Gasteiger partial charge in [0.2, 0.25) is 35.4 Å². The van der Waals surface area contributed by atoms with Gasteiger partial charge in [0, 0.05) is 56.9 Å². The van der Waals surface area contributed by atoms with Gasteiger partial charge in [0.25, 0.3) is 5.91 Å². The highest BCUT2D eigenvalue weighted by atomic mass is 16.2. The molecule has 7 N–H and O–H groups in total. The van der Waals surface area contributed by atoms with Crippen molar-refractivity contribution in [2.45, 2.75) is 107 Å². The van der Waals surface area contributed by atoms with E-state index < -0.39 is 59.2 Å². The van der Waals surface area contributed by atoms with Crippen molar-refractivity contribution in [2.24, 2.45) is 18.5 Å². The van der Waals surface area contributed by atoms with E-state index in [2.05, 4.69) is 27.8 Å². The summed E-state index contributed by atoms with van der Waals surface area (Å²) in [5.74, 6) is 2.96. The number of amides is 7. The molecule has 0 saturated carbocycles. The molecule has 1 aromatic heterocycles. The van der Waals surface area contributed by atoms with E-state index in [1.807, 2.05) is 73.7 Å². The number of hydrogen-bond acceptors (Lipinski definition) is 9.